The molecule has 54 heavy (non-hydrogen) atoms. The van der Waals surface area contributed by atoms with E-state index in [0.29, 0.717) is 0 Å². The van der Waals surface area contributed by atoms with E-state index in [1.54, 1.807) is 0 Å². The van der Waals surface area contributed by atoms with Crippen LogP contribution in [0.25, 0.3) is 65.7 Å². The second-order valence-corrected chi connectivity index (χ2v) is 14.6. The van der Waals surface area contributed by atoms with Gasteiger partial charge < -0.3 is 9.32 Å². The maximum atomic E-state index is 7.08. The molecule has 1 aromatic heterocycles. The third kappa shape index (κ3) is 4.41. The molecule has 254 valence electrons. The molecule has 0 radical (unpaired) electrons. The van der Waals surface area contributed by atoms with Gasteiger partial charge in [0.25, 0.3) is 0 Å². The Labute approximate surface area is 314 Å². The summed E-state index contributed by atoms with van der Waals surface area (Å²) in [5.41, 5.74) is 13.5. The van der Waals surface area contributed by atoms with Crippen LogP contribution in [0.5, 0.6) is 0 Å². The van der Waals surface area contributed by atoms with Crippen LogP contribution >= 0.6 is 0 Å². The van der Waals surface area contributed by atoms with Crippen LogP contribution in [0, 0.1) is 0 Å². The van der Waals surface area contributed by atoms with Gasteiger partial charge in [-0.1, -0.05) is 164 Å². The zero-order valence-electron chi connectivity index (χ0n) is 29.8. The van der Waals surface area contributed by atoms with E-state index < -0.39 is 0 Å². The predicted molar refractivity (Wildman–Crippen MR) is 226 cm³/mol. The van der Waals surface area contributed by atoms with Crippen molar-refractivity contribution in [1.29, 1.82) is 0 Å². The summed E-state index contributed by atoms with van der Waals surface area (Å²) in [6, 6.07) is 70.3. The standard InChI is InChI=1S/C52H35NO/c1-52(44-24-11-9-20-40(44)41-21-10-12-25-45(41)52)46-26-14-28-49-50(46)43-23-13-27-47(51(43)54-49)53(37-31-29-35(30-32-37)34-15-3-2-4-16-34)48-33-36-17-5-6-18-38(36)39-19-7-8-22-42(39)48/h2-33H,1H3. The van der Waals surface area contributed by atoms with Gasteiger partial charge in [0, 0.05) is 27.3 Å². The van der Waals surface area contributed by atoms with Gasteiger partial charge in [-0.15, -0.1) is 0 Å². The Morgan fingerprint density at radius 1 is 0.426 bits per heavy atom. The molecule has 0 spiro atoms. The molecule has 0 aliphatic heterocycles. The molecule has 0 atom stereocenters. The molecule has 0 N–H and O–H groups in total. The van der Waals surface area contributed by atoms with Crippen LogP contribution in [-0.2, 0) is 5.41 Å². The summed E-state index contributed by atoms with van der Waals surface area (Å²) >= 11 is 0. The fourth-order valence-electron chi connectivity index (χ4n) is 9.23. The van der Waals surface area contributed by atoms with E-state index in [0.717, 1.165) is 39.0 Å². The van der Waals surface area contributed by atoms with Crippen LogP contribution in [0.4, 0.5) is 17.1 Å². The molecule has 0 fully saturated rings. The molecule has 1 heterocycles. The quantitative estimate of drug-likeness (QED) is 0.167. The van der Waals surface area contributed by atoms with Gasteiger partial charge in [0.2, 0.25) is 0 Å². The maximum absolute atomic E-state index is 7.08. The topological polar surface area (TPSA) is 16.4 Å². The van der Waals surface area contributed by atoms with Crippen molar-refractivity contribution in [3.05, 3.63) is 211 Å². The molecule has 0 amide bonds. The average molecular weight is 690 g/mol. The molecule has 11 rings (SSSR count). The minimum Gasteiger partial charge on any atom is -0.454 e. The second-order valence-electron chi connectivity index (χ2n) is 14.6. The number of hydrogen-bond acceptors (Lipinski definition) is 2. The minimum absolute atomic E-state index is 0.360. The number of anilines is 3. The summed E-state index contributed by atoms with van der Waals surface area (Å²) in [5, 5.41) is 7.12. The van der Waals surface area contributed by atoms with Crippen molar-refractivity contribution in [2.75, 3.05) is 4.90 Å². The molecule has 9 aromatic carbocycles. The molecular formula is C52H35NO. The lowest BCUT2D eigenvalue weighted by Gasteiger charge is -2.29. The summed E-state index contributed by atoms with van der Waals surface area (Å²) in [4.78, 5) is 2.40. The van der Waals surface area contributed by atoms with Crippen LogP contribution in [0.3, 0.4) is 0 Å². The Hall–Kier alpha value is -6.90. The van der Waals surface area contributed by atoms with Crippen LogP contribution in [0.15, 0.2) is 199 Å². The van der Waals surface area contributed by atoms with Crippen molar-refractivity contribution in [2.24, 2.45) is 0 Å². The fraction of sp³-hybridized carbons (Fsp3) is 0.0385. The maximum Gasteiger partial charge on any atom is 0.159 e. The normalized spacial score (nSPS) is 13.1. The Bertz CT molecular complexity index is 3020. The second kappa shape index (κ2) is 11.8. The fourth-order valence-corrected chi connectivity index (χ4v) is 9.23. The number of rotatable bonds is 5. The van der Waals surface area contributed by atoms with Crippen molar-refractivity contribution in [3.63, 3.8) is 0 Å². The molecule has 0 bridgehead atoms. The minimum atomic E-state index is -0.360. The lowest BCUT2D eigenvalue weighted by atomic mass is 9.73. The summed E-state index contributed by atoms with van der Waals surface area (Å²) < 4.78 is 7.08. The third-order valence-corrected chi connectivity index (χ3v) is 11.7. The number of hydrogen-bond donors (Lipinski definition) is 0. The van der Waals surface area contributed by atoms with Crippen LogP contribution < -0.4 is 4.90 Å². The first-order valence-electron chi connectivity index (χ1n) is 18.7. The molecule has 1 aliphatic carbocycles. The predicted octanol–water partition coefficient (Wildman–Crippen LogP) is 14.4. The first-order chi connectivity index (χ1) is 26.7. The van der Waals surface area contributed by atoms with Gasteiger partial charge in [0.1, 0.15) is 5.58 Å². The van der Waals surface area contributed by atoms with Crippen molar-refractivity contribution < 1.29 is 4.42 Å². The van der Waals surface area contributed by atoms with Crippen LogP contribution in [0.1, 0.15) is 23.6 Å². The molecule has 0 saturated carbocycles. The van der Waals surface area contributed by atoms with E-state index in [-0.39, 0.29) is 5.41 Å². The highest BCUT2D eigenvalue weighted by molar-refractivity contribution is 6.17. The Balaban J connectivity index is 1.19. The van der Waals surface area contributed by atoms with Gasteiger partial charge in [-0.2, -0.15) is 0 Å². The SMILES string of the molecule is CC1(c2cccc3oc4c(N(c5ccc(-c6ccccc6)cc5)c5cc6ccccc6c6ccccc56)cccc4c23)c2ccccc2-c2ccccc21. The Morgan fingerprint density at radius 3 is 1.76 bits per heavy atom. The average Bonchev–Trinajstić information content (AvgIpc) is 3.76. The van der Waals surface area contributed by atoms with Gasteiger partial charge in [-0.3, -0.25) is 0 Å². The van der Waals surface area contributed by atoms with Crippen LogP contribution in [0.2, 0.25) is 0 Å². The number of nitrogens with zero attached hydrogens (tertiary/aromatic N) is 1. The summed E-state index contributed by atoms with van der Waals surface area (Å²) in [7, 11) is 0. The van der Waals surface area contributed by atoms with Gasteiger partial charge in [0.05, 0.1) is 11.4 Å². The molecular weight excluding hydrogens is 655 g/mol. The van der Waals surface area contributed by atoms with Gasteiger partial charge in [-0.25, -0.2) is 0 Å². The summed E-state index contributed by atoms with van der Waals surface area (Å²) in [6.07, 6.45) is 0. The van der Waals surface area contributed by atoms with E-state index in [1.807, 2.05) is 0 Å². The van der Waals surface area contributed by atoms with E-state index in [4.69, 9.17) is 4.42 Å². The summed E-state index contributed by atoms with van der Waals surface area (Å²) in [5.74, 6) is 0. The highest BCUT2D eigenvalue weighted by Gasteiger charge is 2.42. The Morgan fingerprint density at radius 2 is 1.00 bits per heavy atom. The monoisotopic (exact) mass is 689 g/mol. The zero-order chi connectivity index (χ0) is 35.8. The highest BCUT2D eigenvalue weighted by atomic mass is 16.3. The molecule has 10 aromatic rings. The molecule has 0 unspecified atom stereocenters. The molecule has 2 nitrogen and oxygen atoms in total. The van der Waals surface area contributed by atoms with Gasteiger partial charge >= 0.3 is 0 Å². The molecule has 2 heteroatoms. The largest absolute Gasteiger partial charge is 0.454 e. The summed E-state index contributed by atoms with van der Waals surface area (Å²) in [6.45, 7) is 2.39. The van der Waals surface area contributed by atoms with Crippen molar-refractivity contribution in [1.82, 2.24) is 0 Å². The molecule has 1 aliphatic rings. The van der Waals surface area contributed by atoms with Crippen molar-refractivity contribution in [3.8, 4) is 22.3 Å². The molecule has 0 saturated heterocycles. The van der Waals surface area contributed by atoms with Crippen molar-refractivity contribution in [2.45, 2.75) is 12.3 Å². The van der Waals surface area contributed by atoms with Gasteiger partial charge in [-0.05, 0) is 92.4 Å². The first-order valence-corrected chi connectivity index (χ1v) is 18.7. The number of benzene rings is 9. The van der Waals surface area contributed by atoms with Crippen molar-refractivity contribution >= 4 is 60.5 Å². The third-order valence-electron chi connectivity index (χ3n) is 11.7. The lowest BCUT2D eigenvalue weighted by Crippen LogP contribution is -2.22. The Kier molecular flexibility index (Phi) is 6.72. The highest BCUT2D eigenvalue weighted by Crippen LogP contribution is 2.55. The zero-order valence-corrected chi connectivity index (χ0v) is 29.8. The number of furan rings is 1. The van der Waals surface area contributed by atoms with E-state index in [9.17, 15) is 0 Å². The van der Waals surface area contributed by atoms with E-state index in [2.05, 4.69) is 206 Å². The van der Waals surface area contributed by atoms with E-state index in [1.165, 1.54) is 60.5 Å². The first kappa shape index (κ1) is 30.7. The lowest BCUT2D eigenvalue weighted by molar-refractivity contribution is 0.666. The number of para-hydroxylation sites is 1. The van der Waals surface area contributed by atoms with Crippen LogP contribution in [-0.4, -0.2) is 0 Å². The number of fused-ring (bicyclic) bond motifs is 9. The van der Waals surface area contributed by atoms with Gasteiger partial charge in [0.15, 0.2) is 5.58 Å². The smallest absolute Gasteiger partial charge is 0.159 e. The van der Waals surface area contributed by atoms with E-state index >= 15 is 0 Å².